The summed E-state index contributed by atoms with van der Waals surface area (Å²) >= 11 is 0. The van der Waals surface area contributed by atoms with Gasteiger partial charge in [-0.2, -0.15) is 0 Å². The summed E-state index contributed by atoms with van der Waals surface area (Å²) in [7, 11) is 1.71. The minimum absolute atomic E-state index is 0. The standard InChI is InChI=1S/C8H17NO.Sm/c1-5-8(10,6-2)7(3)9-4;/h10H,5-6H2,1-4H3;. The molecule has 0 saturated heterocycles. The average Bonchev–Trinajstić information content (AvgIpc) is 2.01. The molecule has 0 heterocycles. The summed E-state index contributed by atoms with van der Waals surface area (Å²) in [5.41, 5.74) is 0.173. The number of rotatable bonds is 3. The largest absolute Gasteiger partial charge is 0.384 e. The van der Waals surface area contributed by atoms with E-state index >= 15 is 0 Å². The Labute approximate surface area is 102 Å². The van der Waals surface area contributed by atoms with Crippen molar-refractivity contribution in [2.75, 3.05) is 7.05 Å². The van der Waals surface area contributed by atoms with E-state index in [1.807, 2.05) is 20.8 Å². The molecule has 0 aromatic rings. The first-order valence-electron chi connectivity index (χ1n) is 3.77. The van der Waals surface area contributed by atoms with Crippen LogP contribution in [0.5, 0.6) is 0 Å². The summed E-state index contributed by atoms with van der Waals surface area (Å²) in [5, 5.41) is 9.77. The van der Waals surface area contributed by atoms with Gasteiger partial charge in [0.25, 0.3) is 0 Å². The Hall–Kier alpha value is 0.968. The second-order valence-electron chi connectivity index (χ2n) is 2.55. The molecular weight excluding hydrogens is 276 g/mol. The normalized spacial score (nSPS) is 12.6. The van der Waals surface area contributed by atoms with E-state index < -0.39 is 5.60 Å². The van der Waals surface area contributed by atoms with Crippen LogP contribution in [0.15, 0.2) is 4.99 Å². The maximum absolute atomic E-state index is 9.77. The third-order valence-corrected chi connectivity index (χ3v) is 2.18. The van der Waals surface area contributed by atoms with Gasteiger partial charge in [-0.1, -0.05) is 13.8 Å². The van der Waals surface area contributed by atoms with Gasteiger partial charge in [0.15, 0.2) is 0 Å². The van der Waals surface area contributed by atoms with E-state index in [9.17, 15) is 5.11 Å². The zero-order chi connectivity index (χ0) is 8.20. The van der Waals surface area contributed by atoms with Crippen molar-refractivity contribution < 1.29 is 45.5 Å². The first kappa shape index (κ1) is 14.5. The van der Waals surface area contributed by atoms with Gasteiger partial charge < -0.3 is 5.11 Å². The van der Waals surface area contributed by atoms with Gasteiger partial charge in [-0.25, -0.2) is 0 Å². The molecule has 0 spiro atoms. The SMILES string of the molecule is CCC(O)(CC)C(C)=NC.[Sm]. The molecule has 0 bridgehead atoms. The summed E-state index contributed by atoms with van der Waals surface area (Å²) in [5.74, 6) is 0. The molecule has 2 nitrogen and oxygen atoms in total. The van der Waals surface area contributed by atoms with Gasteiger partial charge >= 0.3 is 0 Å². The van der Waals surface area contributed by atoms with Crippen molar-refractivity contribution >= 4 is 5.71 Å². The van der Waals surface area contributed by atoms with E-state index in [4.69, 9.17) is 0 Å². The monoisotopic (exact) mass is 295 g/mol. The van der Waals surface area contributed by atoms with Crippen LogP contribution >= 0.6 is 0 Å². The van der Waals surface area contributed by atoms with Crippen molar-refractivity contribution in [3.63, 3.8) is 0 Å². The molecule has 0 rings (SSSR count). The van der Waals surface area contributed by atoms with E-state index in [0.29, 0.717) is 0 Å². The van der Waals surface area contributed by atoms with E-state index in [2.05, 4.69) is 4.99 Å². The molecule has 0 fully saturated rings. The molecule has 0 aliphatic heterocycles. The van der Waals surface area contributed by atoms with Gasteiger partial charge in [0.2, 0.25) is 0 Å². The van der Waals surface area contributed by atoms with Gasteiger partial charge in [0.05, 0.1) is 0 Å². The Balaban J connectivity index is 0. The molecule has 0 radical (unpaired) electrons. The number of hydrogen-bond donors (Lipinski definition) is 1. The second kappa shape index (κ2) is 6.48. The van der Waals surface area contributed by atoms with Crippen molar-refractivity contribution in [1.29, 1.82) is 0 Å². The first-order valence-corrected chi connectivity index (χ1v) is 3.77. The summed E-state index contributed by atoms with van der Waals surface area (Å²) in [6, 6.07) is 0. The van der Waals surface area contributed by atoms with E-state index in [0.717, 1.165) is 18.6 Å². The van der Waals surface area contributed by atoms with Gasteiger partial charge in [0, 0.05) is 53.1 Å². The fourth-order valence-electron chi connectivity index (χ4n) is 0.970. The molecule has 0 aromatic carbocycles. The smallest absolute Gasteiger partial charge is 0.101 e. The van der Waals surface area contributed by atoms with E-state index in [1.165, 1.54) is 0 Å². The molecule has 66 valence electrons. The minimum Gasteiger partial charge on any atom is -0.384 e. The molecule has 0 aliphatic rings. The van der Waals surface area contributed by atoms with E-state index in [-0.39, 0.29) is 40.4 Å². The Morgan fingerprint density at radius 3 is 1.82 bits per heavy atom. The summed E-state index contributed by atoms with van der Waals surface area (Å²) in [4.78, 5) is 3.97. The molecule has 0 aromatic heterocycles. The predicted octanol–water partition coefficient (Wildman–Crippen LogP) is 1.63. The van der Waals surface area contributed by atoms with Crippen LogP contribution in [0, 0.1) is 40.4 Å². The molecule has 0 saturated carbocycles. The van der Waals surface area contributed by atoms with Crippen molar-refractivity contribution in [1.82, 2.24) is 0 Å². The Morgan fingerprint density at radius 2 is 1.73 bits per heavy atom. The minimum atomic E-state index is -0.658. The fourth-order valence-corrected chi connectivity index (χ4v) is 0.970. The first-order chi connectivity index (χ1) is 4.60. The number of aliphatic hydroxyl groups is 1. The summed E-state index contributed by atoms with van der Waals surface area (Å²) in [6.45, 7) is 5.81. The summed E-state index contributed by atoms with van der Waals surface area (Å²) < 4.78 is 0. The average molecular weight is 294 g/mol. The van der Waals surface area contributed by atoms with Crippen LogP contribution in [0.25, 0.3) is 0 Å². The predicted molar refractivity (Wildman–Crippen MR) is 44.6 cm³/mol. The molecule has 11 heavy (non-hydrogen) atoms. The van der Waals surface area contributed by atoms with Crippen molar-refractivity contribution in [3.8, 4) is 0 Å². The van der Waals surface area contributed by atoms with E-state index in [1.54, 1.807) is 7.05 Å². The third kappa shape index (κ3) is 3.94. The molecule has 1 N–H and O–H groups in total. The Bertz CT molecular complexity index is 130. The van der Waals surface area contributed by atoms with Gasteiger partial charge in [-0.15, -0.1) is 0 Å². The van der Waals surface area contributed by atoms with Crippen molar-refractivity contribution in [3.05, 3.63) is 0 Å². The molecule has 0 unspecified atom stereocenters. The maximum Gasteiger partial charge on any atom is 0.101 e. The number of nitrogens with zero attached hydrogens (tertiary/aromatic N) is 1. The Kier molecular flexibility index (Phi) is 8.54. The zero-order valence-electron chi connectivity index (χ0n) is 7.72. The van der Waals surface area contributed by atoms with Crippen LogP contribution in [-0.4, -0.2) is 23.5 Å². The summed E-state index contributed by atoms with van der Waals surface area (Å²) in [6.07, 6.45) is 1.49. The van der Waals surface area contributed by atoms with Crippen LogP contribution in [0.4, 0.5) is 0 Å². The van der Waals surface area contributed by atoms with Crippen molar-refractivity contribution in [2.24, 2.45) is 4.99 Å². The maximum atomic E-state index is 9.77. The van der Waals surface area contributed by atoms with Crippen LogP contribution in [0.1, 0.15) is 33.6 Å². The molecular formula is C8H17NOSm. The topological polar surface area (TPSA) is 32.6 Å². The van der Waals surface area contributed by atoms with Gasteiger partial charge in [0.1, 0.15) is 5.60 Å². The van der Waals surface area contributed by atoms with Crippen LogP contribution < -0.4 is 0 Å². The quantitative estimate of drug-likeness (QED) is 0.788. The molecule has 0 amide bonds. The second-order valence-corrected chi connectivity index (χ2v) is 2.55. The van der Waals surface area contributed by atoms with Crippen LogP contribution in [0.2, 0.25) is 0 Å². The third-order valence-electron chi connectivity index (χ3n) is 2.18. The number of hydrogen-bond acceptors (Lipinski definition) is 2. The van der Waals surface area contributed by atoms with Crippen molar-refractivity contribution in [2.45, 2.75) is 39.2 Å². The molecule has 3 heteroatoms. The van der Waals surface area contributed by atoms with Crippen LogP contribution in [0.3, 0.4) is 0 Å². The molecule has 0 atom stereocenters. The van der Waals surface area contributed by atoms with Gasteiger partial charge in [-0.3, -0.25) is 4.99 Å². The number of aliphatic imine (C=N–C) groups is 1. The van der Waals surface area contributed by atoms with Gasteiger partial charge in [-0.05, 0) is 19.8 Å². The molecule has 0 aliphatic carbocycles. The van der Waals surface area contributed by atoms with Crippen LogP contribution in [-0.2, 0) is 0 Å². The fraction of sp³-hybridized carbons (Fsp3) is 0.875. The zero-order valence-corrected chi connectivity index (χ0v) is 10.3. The Morgan fingerprint density at radius 1 is 1.36 bits per heavy atom.